The third kappa shape index (κ3) is 3.81. The van der Waals surface area contributed by atoms with Crippen molar-refractivity contribution in [2.75, 3.05) is 12.4 Å². The summed E-state index contributed by atoms with van der Waals surface area (Å²) in [6.07, 6.45) is 0. The van der Waals surface area contributed by atoms with Gasteiger partial charge in [0.25, 0.3) is 0 Å². The van der Waals surface area contributed by atoms with Crippen molar-refractivity contribution in [3.8, 4) is 11.5 Å². The van der Waals surface area contributed by atoms with Crippen LogP contribution < -0.4 is 0 Å². The zero-order chi connectivity index (χ0) is 13.7. The maximum absolute atomic E-state index is 8.95. The number of thioether (sulfide) groups is 1. The monoisotopic (exact) mass is 278 g/mol. The summed E-state index contributed by atoms with van der Waals surface area (Å²) in [4.78, 5) is 0. The Morgan fingerprint density at radius 1 is 1.32 bits per heavy atom. The van der Waals surface area contributed by atoms with Gasteiger partial charge in [-0.1, -0.05) is 25.1 Å². The predicted octanol–water partition coefficient (Wildman–Crippen LogP) is 2.91. The molecule has 0 radical (unpaired) electrons. The van der Waals surface area contributed by atoms with Crippen molar-refractivity contribution < 1.29 is 9.52 Å². The van der Waals surface area contributed by atoms with Crippen molar-refractivity contribution in [2.45, 2.75) is 19.6 Å². The van der Waals surface area contributed by atoms with E-state index in [1.54, 1.807) is 11.8 Å². The fourth-order valence-electron chi connectivity index (χ4n) is 1.63. The average molecular weight is 278 g/mol. The van der Waals surface area contributed by atoms with Crippen LogP contribution in [0, 0.1) is 12.8 Å². The second-order valence-corrected chi connectivity index (χ2v) is 5.65. The van der Waals surface area contributed by atoms with E-state index >= 15 is 0 Å². The third-order valence-electron chi connectivity index (χ3n) is 2.78. The van der Waals surface area contributed by atoms with Crippen molar-refractivity contribution >= 4 is 11.8 Å². The molecule has 1 atom stereocenters. The van der Waals surface area contributed by atoms with Gasteiger partial charge in [-0.15, -0.1) is 10.2 Å². The largest absolute Gasteiger partial charge is 0.420 e. The molecule has 102 valence electrons. The molecule has 0 saturated carbocycles. The molecule has 0 spiro atoms. The van der Waals surface area contributed by atoms with Crippen molar-refractivity contribution in [1.29, 1.82) is 0 Å². The highest BCUT2D eigenvalue weighted by Gasteiger charge is 2.10. The van der Waals surface area contributed by atoms with Gasteiger partial charge in [-0.05, 0) is 30.2 Å². The maximum Gasteiger partial charge on any atom is 0.248 e. The lowest BCUT2D eigenvalue weighted by Crippen LogP contribution is -2.03. The Bertz CT molecular complexity index is 528. The number of nitrogens with zero attached hydrogens (tertiary/aromatic N) is 2. The van der Waals surface area contributed by atoms with Crippen molar-refractivity contribution in [2.24, 2.45) is 5.92 Å². The molecule has 1 heterocycles. The summed E-state index contributed by atoms with van der Waals surface area (Å²) in [5.41, 5.74) is 2.11. The molecule has 0 amide bonds. The highest BCUT2D eigenvalue weighted by Crippen LogP contribution is 2.23. The average Bonchev–Trinajstić information content (AvgIpc) is 2.87. The number of hydrogen-bond acceptors (Lipinski definition) is 5. The van der Waals surface area contributed by atoms with Gasteiger partial charge in [0.2, 0.25) is 11.8 Å². The quantitative estimate of drug-likeness (QED) is 0.880. The van der Waals surface area contributed by atoms with E-state index in [1.807, 2.05) is 38.1 Å². The van der Waals surface area contributed by atoms with Crippen LogP contribution >= 0.6 is 11.8 Å². The molecule has 0 aliphatic rings. The number of aliphatic hydroxyl groups is 1. The minimum absolute atomic E-state index is 0.214. The SMILES string of the molecule is Cc1ccccc1-c1nnc(CSCC(C)CO)o1. The number of aromatic nitrogens is 2. The van der Waals surface area contributed by atoms with Crippen molar-refractivity contribution in [1.82, 2.24) is 10.2 Å². The Balaban J connectivity index is 1.98. The molecule has 2 aromatic rings. The van der Waals surface area contributed by atoms with Crippen LogP contribution in [0.4, 0.5) is 0 Å². The fourth-order valence-corrected chi connectivity index (χ4v) is 2.55. The first kappa shape index (κ1) is 14.1. The van der Waals surface area contributed by atoms with Crippen LogP contribution in [-0.4, -0.2) is 27.7 Å². The van der Waals surface area contributed by atoms with E-state index in [-0.39, 0.29) is 6.61 Å². The molecular weight excluding hydrogens is 260 g/mol. The summed E-state index contributed by atoms with van der Waals surface area (Å²) in [6.45, 7) is 4.25. The van der Waals surface area contributed by atoms with Gasteiger partial charge >= 0.3 is 0 Å². The van der Waals surface area contributed by atoms with Crippen molar-refractivity contribution in [3.63, 3.8) is 0 Å². The van der Waals surface area contributed by atoms with Crippen molar-refractivity contribution in [3.05, 3.63) is 35.7 Å². The van der Waals surface area contributed by atoms with Crippen LogP contribution in [-0.2, 0) is 5.75 Å². The molecule has 4 nitrogen and oxygen atoms in total. The fraction of sp³-hybridized carbons (Fsp3) is 0.429. The number of benzene rings is 1. The van der Waals surface area contributed by atoms with E-state index in [9.17, 15) is 0 Å². The molecular formula is C14H18N2O2S. The van der Waals surface area contributed by atoms with E-state index in [1.165, 1.54) is 0 Å². The maximum atomic E-state index is 8.95. The molecule has 1 aromatic heterocycles. The third-order valence-corrected chi connectivity index (χ3v) is 4.04. The highest BCUT2D eigenvalue weighted by atomic mass is 32.2. The predicted molar refractivity (Wildman–Crippen MR) is 76.9 cm³/mol. The van der Waals surface area contributed by atoms with Gasteiger partial charge in [-0.2, -0.15) is 11.8 Å². The zero-order valence-corrected chi connectivity index (χ0v) is 12.0. The second kappa shape index (κ2) is 6.73. The lowest BCUT2D eigenvalue weighted by atomic mass is 10.1. The Kier molecular flexibility index (Phi) is 4.99. The minimum atomic E-state index is 0.214. The Hall–Kier alpha value is -1.33. The summed E-state index contributed by atoms with van der Waals surface area (Å²) < 4.78 is 5.66. The molecule has 2 rings (SSSR count). The number of aryl methyl sites for hydroxylation is 1. The summed E-state index contributed by atoms with van der Waals surface area (Å²) in [6, 6.07) is 7.95. The van der Waals surface area contributed by atoms with Gasteiger partial charge in [0.05, 0.1) is 5.75 Å². The van der Waals surface area contributed by atoms with Crippen LogP contribution in [0.25, 0.3) is 11.5 Å². The molecule has 0 bridgehead atoms. The summed E-state index contributed by atoms with van der Waals surface area (Å²) in [5.74, 6) is 3.07. The summed E-state index contributed by atoms with van der Waals surface area (Å²) in [7, 11) is 0. The Labute approximate surface area is 117 Å². The zero-order valence-electron chi connectivity index (χ0n) is 11.2. The van der Waals surface area contributed by atoms with Gasteiger partial charge in [-0.25, -0.2) is 0 Å². The molecule has 0 saturated heterocycles. The highest BCUT2D eigenvalue weighted by molar-refractivity contribution is 7.98. The Morgan fingerprint density at radius 3 is 2.84 bits per heavy atom. The van der Waals surface area contributed by atoms with E-state index in [0.717, 1.165) is 16.9 Å². The molecule has 0 fully saturated rings. The molecule has 1 N–H and O–H groups in total. The first-order valence-electron chi connectivity index (χ1n) is 6.27. The number of rotatable bonds is 6. The summed E-state index contributed by atoms with van der Waals surface area (Å²) >= 11 is 1.70. The first-order valence-corrected chi connectivity index (χ1v) is 7.43. The topological polar surface area (TPSA) is 59.2 Å². The minimum Gasteiger partial charge on any atom is -0.420 e. The van der Waals surface area contributed by atoms with Crippen LogP contribution in [0.3, 0.4) is 0 Å². The van der Waals surface area contributed by atoms with Gasteiger partial charge in [0, 0.05) is 12.2 Å². The molecule has 1 aromatic carbocycles. The van der Waals surface area contributed by atoms with Gasteiger partial charge in [-0.3, -0.25) is 0 Å². The van der Waals surface area contributed by atoms with Crippen LogP contribution in [0.1, 0.15) is 18.4 Å². The van der Waals surface area contributed by atoms with E-state index in [0.29, 0.717) is 23.5 Å². The molecule has 19 heavy (non-hydrogen) atoms. The summed E-state index contributed by atoms with van der Waals surface area (Å²) in [5, 5.41) is 17.1. The normalized spacial score (nSPS) is 12.6. The molecule has 5 heteroatoms. The molecule has 0 aliphatic carbocycles. The van der Waals surface area contributed by atoms with Gasteiger partial charge in [0.15, 0.2) is 0 Å². The van der Waals surface area contributed by atoms with E-state index in [4.69, 9.17) is 9.52 Å². The molecule has 1 unspecified atom stereocenters. The smallest absolute Gasteiger partial charge is 0.248 e. The standard InChI is InChI=1S/C14H18N2O2S/c1-10(7-17)8-19-9-13-15-16-14(18-13)12-6-4-3-5-11(12)2/h3-6,10,17H,7-9H2,1-2H3. The van der Waals surface area contributed by atoms with E-state index in [2.05, 4.69) is 10.2 Å². The van der Waals surface area contributed by atoms with Crippen LogP contribution in [0.5, 0.6) is 0 Å². The number of hydrogen-bond donors (Lipinski definition) is 1. The lowest BCUT2D eigenvalue weighted by molar-refractivity contribution is 0.250. The Morgan fingerprint density at radius 2 is 2.11 bits per heavy atom. The van der Waals surface area contributed by atoms with Gasteiger partial charge < -0.3 is 9.52 Å². The second-order valence-electron chi connectivity index (χ2n) is 4.62. The first-order chi connectivity index (χ1) is 9.20. The van der Waals surface area contributed by atoms with Crippen LogP contribution in [0.15, 0.2) is 28.7 Å². The van der Waals surface area contributed by atoms with Gasteiger partial charge in [0.1, 0.15) is 0 Å². The lowest BCUT2D eigenvalue weighted by Gasteiger charge is -2.04. The number of aliphatic hydroxyl groups excluding tert-OH is 1. The van der Waals surface area contributed by atoms with E-state index < -0.39 is 0 Å². The van der Waals surface area contributed by atoms with Crippen LogP contribution in [0.2, 0.25) is 0 Å². The molecule has 0 aliphatic heterocycles.